The average molecular weight is 321 g/mol. The van der Waals surface area contributed by atoms with Crippen LogP contribution in [-0.4, -0.2) is 39.3 Å². The first-order chi connectivity index (χ1) is 9.53. The number of rotatable bonds is 7. The summed E-state index contributed by atoms with van der Waals surface area (Å²) in [7, 11) is 2.85. The highest BCUT2D eigenvalue weighted by molar-refractivity contribution is 5.95. The quantitative estimate of drug-likeness (QED) is 0.806. The van der Waals surface area contributed by atoms with Gasteiger partial charge < -0.3 is 20.1 Å². The van der Waals surface area contributed by atoms with E-state index in [1.807, 2.05) is 13.8 Å². The monoisotopic (exact) mass is 320 g/mol. The Labute approximate surface area is 130 Å². The van der Waals surface area contributed by atoms with Crippen molar-refractivity contribution in [2.24, 2.45) is 0 Å². The van der Waals surface area contributed by atoms with Crippen molar-refractivity contribution in [3.8, 4) is 11.5 Å². The van der Waals surface area contributed by atoms with Crippen LogP contribution in [-0.2, 0) is 0 Å². The Kier molecular flexibility index (Phi) is 8.73. The molecule has 0 saturated carbocycles. The van der Waals surface area contributed by atoms with Crippen LogP contribution in [0.5, 0.6) is 11.5 Å². The summed E-state index contributed by atoms with van der Waals surface area (Å²) in [5.41, 5.74) is -0.0636. The smallest absolute Gasteiger partial charge is 0.254 e. The Morgan fingerprint density at radius 1 is 1.29 bits per heavy atom. The van der Waals surface area contributed by atoms with Gasteiger partial charge in [0.2, 0.25) is 0 Å². The number of methoxy groups -OCH3 is 2. The minimum atomic E-state index is -0.642. The molecule has 0 saturated heterocycles. The molecule has 0 radical (unpaired) electrons. The molecule has 0 heterocycles. The first-order valence-electron chi connectivity index (χ1n) is 6.46. The average Bonchev–Trinajstić information content (AvgIpc) is 2.44. The van der Waals surface area contributed by atoms with E-state index in [0.717, 1.165) is 12.6 Å². The van der Waals surface area contributed by atoms with Crippen molar-refractivity contribution < 1.29 is 18.7 Å². The summed E-state index contributed by atoms with van der Waals surface area (Å²) in [6, 6.07) is 2.59. The summed E-state index contributed by atoms with van der Waals surface area (Å²) in [4.78, 5) is 12.0. The molecule has 0 aliphatic carbocycles. The first-order valence-corrected chi connectivity index (χ1v) is 6.46. The topological polar surface area (TPSA) is 59.6 Å². The van der Waals surface area contributed by atoms with Crippen molar-refractivity contribution in [2.45, 2.75) is 19.9 Å². The molecular formula is C14H22ClFN2O3. The number of ether oxygens (including phenoxy) is 2. The number of hydrogen-bond donors (Lipinski definition) is 2. The van der Waals surface area contributed by atoms with Crippen molar-refractivity contribution in [1.29, 1.82) is 0 Å². The molecule has 0 spiro atoms. The van der Waals surface area contributed by atoms with E-state index in [-0.39, 0.29) is 29.8 Å². The molecule has 2 N–H and O–H groups in total. The van der Waals surface area contributed by atoms with Crippen LogP contribution in [0.4, 0.5) is 4.39 Å². The van der Waals surface area contributed by atoms with Gasteiger partial charge in [0.05, 0.1) is 19.8 Å². The molecule has 0 unspecified atom stereocenters. The third-order valence-electron chi connectivity index (χ3n) is 2.84. The molecule has 0 aromatic heterocycles. The van der Waals surface area contributed by atoms with Gasteiger partial charge in [-0.1, -0.05) is 6.92 Å². The second-order valence-corrected chi connectivity index (χ2v) is 4.36. The molecule has 0 bridgehead atoms. The Hall–Kier alpha value is -1.53. The van der Waals surface area contributed by atoms with Gasteiger partial charge in [0.1, 0.15) is 5.82 Å². The fourth-order valence-corrected chi connectivity index (χ4v) is 1.79. The second-order valence-electron chi connectivity index (χ2n) is 4.36. The number of carbonyl (C=O) groups excluding carboxylic acids is 1. The summed E-state index contributed by atoms with van der Waals surface area (Å²) in [5.74, 6) is -0.550. The first kappa shape index (κ1) is 19.5. The van der Waals surface area contributed by atoms with Crippen molar-refractivity contribution >= 4 is 18.3 Å². The summed E-state index contributed by atoms with van der Waals surface area (Å²) in [6.45, 7) is 5.14. The van der Waals surface area contributed by atoms with Crippen LogP contribution in [0.15, 0.2) is 12.1 Å². The Morgan fingerprint density at radius 3 is 2.38 bits per heavy atom. The third kappa shape index (κ3) is 5.40. The number of halogens is 2. The molecule has 7 heteroatoms. The molecule has 0 aliphatic rings. The van der Waals surface area contributed by atoms with Gasteiger partial charge in [-0.2, -0.15) is 0 Å². The van der Waals surface area contributed by atoms with Crippen LogP contribution in [0.25, 0.3) is 0 Å². The number of carbonyl (C=O) groups is 1. The number of likely N-dealkylation sites (N-methyl/N-ethyl adjacent to an activating group) is 1. The van der Waals surface area contributed by atoms with Crippen molar-refractivity contribution in [3.05, 3.63) is 23.5 Å². The van der Waals surface area contributed by atoms with E-state index in [9.17, 15) is 9.18 Å². The molecule has 1 aromatic rings. The van der Waals surface area contributed by atoms with Crippen molar-refractivity contribution in [2.75, 3.05) is 27.3 Å². The van der Waals surface area contributed by atoms with E-state index in [1.165, 1.54) is 20.3 Å². The second kappa shape index (κ2) is 9.41. The lowest BCUT2D eigenvalue weighted by Gasteiger charge is -2.14. The highest BCUT2D eigenvalue weighted by Gasteiger charge is 2.17. The van der Waals surface area contributed by atoms with Crippen LogP contribution < -0.4 is 20.1 Å². The molecule has 1 atom stereocenters. The zero-order valence-electron chi connectivity index (χ0n) is 12.7. The van der Waals surface area contributed by atoms with Gasteiger partial charge in [0, 0.05) is 18.7 Å². The van der Waals surface area contributed by atoms with Crippen LogP contribution in [0.2, 0.25) is 0 Å². The molecule has 21 heavy (non-hydrogen) atoms. The molecule has 1 amide bonds. The maximum Gasteiger partial charge on any atom is 0.254 e. The van der Waals surface area contributed by atoms with E-state index in [4.69, 9.17) is 9.47 Å². The van der Waals surface area contributed by atoms with E-state index in [2.05, 4.69) is 10.6 Å². The van der Waals surface area contributed by atoms with E-state index in [1.54, 1.807) is 0 Å². The molecule has 0 fully saturated rings. The van der Waals surface area contributed by atoms with Gasteiger partial charge >= 0.3 is 0 Å². The van der Waals surface area contributed by atoms with Gasteiger partial charge in [0.15, 0.2) is 11.5 Å². The maximum atomic E-state index is 13.9. The maximum absolute atomic E-state index is 13.9. The van der Waals surface area contributed by atoms with Gasteiger partial charge in [0.25, 0.3) is 5.91 Å². The highest BCUT2D eigenvalue weighted by atomic mass is 35.5. The van der Waals surface area contributed by atoms with Crippen LogP contribution in [0, 0.1) is 5.82 Å². The molecule has 120 valence electrons. The zero-order valence-corrected chi connectivity index (χ0v) is 13.5. The van der Waals surface area contributed by atoms with Crippen LogP contribution in [0.3, 0.4) is 0 Å². The Morgan fingerprint density at radius 2 is 1.86 bits per heavy atom. The van der Waals surface area contributed by atoms with Gasteiger partial charge in [-0.3, -0.25) is 4.79 Å². The number of amides is 1. The number of nitrogens with one attached hydrogen (secondary N) is 2. The molecular weight excluding hydrogens is 299 g/mol. The fraction of sp³-hybridized carbons (Fsp3) is 0.500. The normalized spacial score (nSPS) is 11.3. The Balaban J connectivity index is 0.00000400. The lowest BCUT2D eigenvalue weighted by Crippen LogP contribution is -2.39. The molecule has 1 aromatic carbocycles. The fourth-order valence-electron chi connectivity index (χ4n) is 1.79. The van der Waals surface area contributed by atoms with E-state index in [0.29, 0.717) is 12.3 Å². The lowest BCUT2D eigenvalue weighted by atomic mass is 10.1. The van der Waals surface area contributed by atoms with Crippen LogP contribution in [0.1, 0.15) is 24.2 Å². The zero-order chi connectivity index (χ0) is 15.1. The molecule has 5 nitrogen and oxygen atoms in total. The summed E-state index contributed by atoms with van der Waals surface area (Å²) < 4.78 is 23.9. The SMILES string of the molecule is CCN[C@H](C)CNC(=O)c1cc(OC)c(OC)cc1F.Cl. The summed E-state index contributed by atoms with van der Waals surface area (Å²) >= 11 is 0. The predicted molar refractivity (Wildman–Crippen MR) is 82.2 cm³/mol. The van der Waals surface area contributed by atoms with E-state index >= 15 is 0 Å². The van der Waals surface area contributed by atoms with Gasteiger partial charge in [-0.25, -0.2) is 4.39 Å². The molecule has 1 rings (SSSR count). The van der Waals surface area contributed by atoms with Gasteiger partial charge in [-0.15, -0.1) is 12.4 Å². The highest BCUT2D eigenvalue weighted by Crippen LogP contribution is 2.29. The molecule has 0 aliphatic heterocycles. The van der Waals surface area contributed by atoms with Crippen molar-refractivity contribution in [1.82, 2.24) is 10.6 Å². The summed E-state index contributed by atoms with van der Waals surface area (Å²) in [6.07, 6.45) is 0. The Bertz CT molecular complexity index is 472. The summed E-state index contributed by atoms with van der Waals surface area (Å²) in [5, 5.41) is 5.83. The minimum Gasteiger partial charge on any atom is -0.493 e. The third-order valence-corrected chi connectivity index (χ3v) is 2.84. The van der Waals surface area contributed by atoms with Crippen molar-refractivity contribution in [3.63, 3.8) is 0 Å². The predicted octanol–water partition coefficient (Wildman–Crippen LogP) is 1.99. The number of hydrogen-bond acceptors (Lipinski definition) is 4. The van der Waals surface area contributed by atoms with E-state index < -0.39 is 11.7 Å². The van der Waals surface area contributed by atoms with Gasteiger partial charge in [-0.05, 0) is 19.5 Å². The largest absolute Gasteiger partial charge is 0.493 e. The standard InChI is InChI=1S/C14H21FN2O3.ClH/c1-5-16-9(2)8-17-14(18)10-6-12(19-3)13(20-4)7-11(10)15;/h6-7,9,16H,5,8H2,1-4H3,(H,17,18);1H/t9-;/m1./s1. The van der Waals surface area contributed by atoms with Crippen LogP contribution >= 0.6 is 12.4 Å². The lowest BCUT2D eigenvalue weighted by molar-refractivity contribution is 0.0945. The number of benzene rings is 1. The minimum absolute atomic E-state index is 0.